The first-order valence-corrected chi connectivity index (χ1v) is 7.25. The quantitative estimate of drug-likeness (QED) is 0.825. The minimum atomic E-state index is -0.434. The number of carbonyl (C=O) groups is 1. The molecule has 1 amide bonds. The summed E-state index contributed by atoms with van der Waals surface area (Å²) >= 11 is 0. The van der Waals surface area contributed by atoms with Crippen LogP contribution in [0, 0.1) is 0 Å². The van der Waals surface area contributed by atoms with Crippen LogP contribution in [0.2, 0.25) is 0 Å². The molecule has 5 nitrogen and oxygen atoms in total. The lowest BCUT2D eigenvalue weighted by Crippen LogP contribution is -2.43. The van der Waals surface area contributed by atoms with E-state index in [2.05, 4.69) is 4.90 Å². The van der Waals surface area contributed by atoms with Gasteiger partial charge in [-0.3, -0.25) is 4.90 Å². The molecule has 2 heterocycles. The van der Waals surface area contributed by atoms with Gasteiger partial charge in [0.05, 0.1) is 6.61 Å². The van der Waals surface area contributed by atoms with Crippen molar-refractivity contribution in [2.45, 2.75) is 57.7 Å². The van der Waals surface area contributed by atoms with Crippen LogP contribution in [0.25, 0.3) is 0 Å². The minimum absolute atomic E-state index is 0.213. The molecule has 0 radical (unpaired) electrons. The third-order valence-electron chi connectivity index (χ3n) is 3.92. The van der Waals surface area contributed by atoms with Crippen LogP contribution in [0.3, 0.4) is 0 Å². The van der Waals surface area contributed by atoms with Crippen molar-refractivity contribution in [2.75, 3.05) is 26.2 Å². The zero-order valence-corrected chi connectivity index (χ0v) is 12.3. The highest BCUT2D eigenvalue weighted by Crippen LogP contribution is 2.26. The molecule has 0 aromatic rings. The molecule has 2 fully saturated rings. The summed E-state index contributed by atoms with van der Waals surface area (Å²) in [5.41, 5.74) is -0.434. The Kier molecular flexibility index (Phi) is 4.36. The standard InChI is InChI=1S/C14H26N2O3/c1-14(2,3)19-13(18)15-8-6-11(9-15)16-7-4-5-12(16)10-17/h11-12,17H,4-10H2,1-3H3. The molecule has 0 aromatic carbocycles. The Morgan fingerprint density at radius 1 is 1.32 bits per heavy atom. The van der Waals surface area contributed by atoms with Crippen molar-refractivity contribution in [1.29, 1.82) is 0 Å². The zero-order chi connectivity index (χ0) is 14.0. The van der Waals surface area contributed by atoms with E-state index in [1.54, 1.807) is 4.90 Å². The van der Waals surface area contributed by atoms with Gasteiger partial charge >= 0.3 is 6.09 Å². The Balaban J connectivity index is 1.87. The number of ether oxygens (including phenoxy) is 1. The summed E-state index contributed by atoms with van der Waals surface area (Å²) < 4.78 is 5.40. The molecule has 19 heavy (non-hydrogen) atoms. The molecule has 2 aliphatic heterocycles. The molecule has 0 aromatic heterocycles. The summed E-state index contributed by atoms with van der Waals surface area (Å²) in [5.74, 6) is 0. The van der Waals surface area contributed by atoms with Gasteiger partial charge in [-0.15, -0.1) is 0 Å². The summed E-state index contributed by atoms with van der Waals surface area (Å²) in [6, 6.07) is 0.663. The first kappa shape index (κ1) is 14.6. The van der Waals surface area contributed by atoms with Crippen LogP contribution in [-0.2, 0) is 4.74 Å². The van der Waals surface area contributed by atoms with Crippen LogP contribution in [0.1, 0.15) is 40.0 Å². The van der Waals surface area contributed by atoms with E-state index in [-0.39, 0.29) is 18.7 Å². The molecule has 1 N–H and O–H groups in total. The molecule has 2 rings (SSSR count). The van der Waals surface area contributed by atoms with Crippen LogP contribution in [0.4, 0.5) is 4.79 Å². The molecule has 0 saturated carbocycles. The van der Waals surface area contributed by atoms with E-state index in [1.165, 1.54) is 0 Å². The fourth-order valence-corrected chi connectivity index (χ4v) is 3.04. The smallest absolute Gasteiger partial charge is 0.410 e. The lowest BCUT2D eigenvalue weighted by Gasteiger charge is -2.29. The van der Waals surface area contributed by atoms with Crippen molar-refractivity contribution in [1.82, 2.24) is 9.80 Å². The first-order valence-electron chi connectivity index (χ1n) is 7.25. The van der Waals surface area contributed by atoms with E-state index in [1.807, 2.05) is 20.8 Å². The van der Waals surface area contributed by atoms with Gasteiger partial charge in [-0.05, 0) is 46.6 Å². The summed E-state index contributed by atoms with van der Waals surface area (Å²) in [4.78, 5) is 16.2. The van der Waals surface area contributed by atoms with Crippen molar-refractivity contribution in [2.24, 2.45) is 0 Å². The second-order valence-corrected chi connectivity index (χ2v) is 6.59. The van der Waals surface area contributed by atoms with Gasteiger partial charge in [0.15, 0.2) is 0 Å². The third kappa shape index (κ3) is 3.60. The van der Waals surface area contributed by atoms with Crippen molar-refractivity contribution < 1.29 is 14.6 Å². The summed E-state index contributed by atoms with van der Waals surface area (Å²) in [5, 5.41) is 9.38. The topological polar surface area (TPSA) is 53.0 Å². The Bertz CT molecular complexity index is 327. The van der Waals surface area contributed by atoms with Gasteiger partial charge in [-0.1, -0.05) is 0 Å². The SMILES string of the molecule is CC(C)(C)OC(=O)N1CCC(N2CCCC2CO)C1. The number of likely N-dealkylation sites (tertiary alicyclic amines) is 2. The number of nitrogens with zero attached hydrogens (tertiary/aromatic N) is 2. The summed E-state index contributed by atoms with van der Waals surface area (Å²) in [6.45, 7) is 8.42. The van der Waals surface area contributed by atoms with Gasteiger partial charge in [-0.2, -0.15) is 0 Å². The number of amides is 1. The molecule has 0 bridgehead atoms. The second kappa shape index (κ2) is 5.67. The molecule has 0 aliphatic carbocycles. The average molecular weight is 270 g/mol. The van der Waals surface area contributed by atoms with Crippen LogP contribution < -0.4 is 0 Å². The van der Waals surface area contributed by atoms with Crippen LogP contribution in [0.5, 0.6) is 0 Å². The van der Waals surface area contributed by atoms with Crippen LogP contribution in [-0.4, -0.2) is 64.9 Å². The maximum absolute atomic E-state index is 12.0. The van der Waals surface area contributed by atoms with E-state index in [0.717, 1.165) is 38.9 Å². The summed E-state index contributed by atoms with van der Waals surface area (Å²) in [6.07, 6.45) is 2.98. The lowest BCUT2D eigenvalue weighted by atomic mass is 10.2. The van der Waals surface area contributed by atoms with Crippen molar-refractivity contribution >= 4 is 6.09 Å². The van der Waals surface area contributed by atoms with Crippen molar-refractivity contribution in [3.05, 3.63) is 0 Å². The summed E-state index contributed by atoms with van der Waals surface area (Å²) in [7, 11) is 0. The van der Waals surface area contributed by atoms with Crippen LogP contribution >= 0.6 is 0 Å². The molecule has 110 valence electrons. The maximum Gasteiger partial charge on any atom is 0.410 e. The van der Waals surface area contributed by atoms with Crippen molar-refractivity contribution in [3.8, 4) is 0 Å². The Hall–Kier alpha value is -0.810. The fourth-order valence-electron chi connectivity index (χ4n) is 3.04. The Morgan fingerprint density at radius 2 is 2.05 bits per heavy atom. The molecule has 2 aliphatic rings. The van der Waals surface area contributed by atoms with E-state index >= 15 is 0 Å². The van der Waals surface area contributed by atoms with Crippen molar-refractivity contribution in [3.63, 3.8) is 0 Å². The monoisotopic (exact) mass is 270 g/mol. The zero-order valence-electron chi connectivity index (χ0n) is 12.3. The number of rotatable bonds is 2. The van der Waals surface area contributed by atoms with E-state index < -0.39 is 5.60 Å². The minimum Gasteiger partial charge on any atom is -0.444 e. The van der Waals surface area contributed by atoms with E-state index in [9.17, 15) is 9.90 Å². The van der Waals surface area contributed by atoms with Gasteiger partial charge in [0, 0.05) is 25.2 Å². The number of carbonyl (C=O) groups excluding carboxylic acids is 1. The number of aliphatic hydroxyl groups excluding tert-OH is 1. The van der Waals surface area contributed by atoms with Gasteiger partial charge < -0.3 is 14.7 Å². The number of hydrogen-bond acceptors (Lipinski definition) is 4. The predicted octanol–water partition coefficient (Wildman–Crippen LogP) is 1.45. The third-order valence-corrected chi connectivity index (χ3v) is 3.92. The molecule has 2 saturated heterocycles. The number of aliphatic hydroxyl groups is 1. The molecule has 0 spiro atoms. The highest BCUT2D eigenvalue weighted by atomic mass is 16.6. The first-order chi connectivity index (χ1) is 8.90. The molecule has 2 atom stereocenters. The Morgan fingerprint density at radius 3 is 2.68 bits per heavy atom. The van der Waals surface area contributed by atoms with Crippen LogP contribution in [0.15, 0.2) is 0 Å². The molecular formula is C14H26N2O3. The molecular weight excluding hydrogens is 244 g/mol. The predicted molar refractivity (Wildman–Crippen MR) is 73.0 cm³/mol. The van der Waals surface area contributed by atoms with Gasteiger partial charge in [0.1, 0.15) is 5.60 Å². The van der Waals surface area contributed by atoms with Gasteiger partial charge in [-0.25, -0.2) is 4.79 Å². The highest BCUT2D eigenvalue weighted by molar-refractivity contribution is 5.68. The average Bonchev–Trinajstić information content (AvgIpc) is 2.95. The number of hydrogen-bond donors (Lipinski definition) is 1. The molecule has 5 heteroatoms. The van der Waals surface area contributed by atoms with Gasteiger partial charge in [0.25, 0.3) is 0 Å². The lowest BCUT2D eigenvalue weighted by molar-refractivity contribution is 0.0274. The second-order valence-electron chi connectivity index (χ2n) is 6.59. The normalized spacial score (nSPS) is 28.9. The fraction of sp³-hybridized carbons (Fsp3) is 0.929. The molecule has 2 unspecified atom stereocenters. The highest BCUT2D eigenvalue weighted by Gasteiger charge is 2.37. The largest absolute Gasteiger partial charge is 0.444 e. The van der Waals surface area contributed by atoms with E-state index in [4.69, 9.17) is 4.74 Å². The maximum atomic E-state index is 12.0. The Labute approximate surface area is 115 Å². The van der Waals surface area contributed by atoms with E-state index in [0.29, 0.717) is 6.04 Å². The van der Waals surface area contributed by atoms with Gasteiger partial charge in [0.2, 0.25) is 0 Å².